The molecule has 1 aromatic heterocycles. The summed E-state index contributed by atoms with van der Waals surface area (Å²) in [6.45, 7) is 14.5. The van der Waals surface area contributed by atoms with Gasteiger partial charge < -0.3 is 14.6 Å². The molecule has 6 heteroatoms. The quantitative estimate of drug-likeness (QED) is 0.359. The molecule has 0 bridgehead atoms. The lowest BCUT2D eigenvalue weighted by atomic mass is 9.95. The predicted octanol–water partition coefficient (Wildman–Crippen LogP) is 2.73. The molecule has 0 saturated carbocycles. The zero-order chi connectivity index (χ0) is 20.5. The molecule has 0 unspecified atom stereocenters. The Morgan fingerprint density at radius 3 is 2.68 bits per heavy atom. The summed E-state index contributed by atoms with van der Waals surface area (Å²) < 4.78 is 7.40. The molecule has 0 radical (unpaired) electrons. The SMILES string of the molecule is C=CCn1c(C)cc(C(=O)CN2CCC(C(=O)NCCCOCC)CC2)c1C. The molecule has 0 aromatic carbocycles. The average Bonchev–Trinajstić information content (AvgIpc) is 2.97. The maximum atomic E-state index is 12.8. The molecule has 1 saturated heterocycles. The highest BCUT2D eigenvalue weighted by molar-refractivity contribution is 5.99. The van der Waals surface area contributed by atoms with E-state index in [1.807, 2.05) is 32.9 Å². The number of carbonyl (C=O) groups is 2. The van der Waals surface area contributed by atoms with Crippen molar-refractivity contribution in [1.82, 2.24) is 14.8 Å². The molecular weight excluding hydrogens is 354 g/mol. The van der Waals surface area contributed by atoms with E-state index in [1.165, 1.54) is 0 Å². The number of amides is 1. The molecule has 0 atom stereocenters. The van der Waals surface area contributed by atoms with E-state index in [9.17, 15) is 9.59 Å². The molecule has 1 fully saturated rings. The standard InChI is InChI=1S/C22H35N3O3/c1-5-11-25-17(3)15-20(18(25)4)21(26)16-24-12-8-19(9-13-24)22(27)23-10-7-14-28-6-2/h5,15,19H,1,6-14,16H2,2-4H3,(H,23,27). The fraction of sp³-hybridized carbons (Fsp3) is 0.636. The highest BCUT2D eigenvalue weighted by Crippen LogP contribution is 2.20. The van der Waals surface area contributed by atoms with Crippen LogP contribution in [0.25, 0.3) is 0 Å². The lowest BCUT2D eigenvalue weighted by Crippen LogP contribution is -2.42. The van der Waals surface area contributed by atoms with Gasteiger partial charge in [0.15, 0.2) is 5.78 Å². The first kappa shape index (κ1) is 22.4. The number of aromatic nitrogens is 1. The van der Waals surface area contributed by atoms with Crippen LogP contribution < -0.4 is 5.32 Å². The summed E-state index contributed by atoms with van der Waals surface area (Å²) in [6.07, 6.45) is 4.30. The van der Waals surface area contributed by atoms with Crippen molar-refractivity contribution in [2.24, 2.45) is 5.92 Å². The average molecular weight is 390 g/mol. The number of piperidine rings is 1. The second-order valence-electron chi connectivity index (χ2n) is 7.50. The van der Waals surface area contributed by atoms with Crippen LogP contribution in [0.2, 0.25) is 0 Å². The van der Waals surface area contributed by atoms with Gasteiger partial charge in [-0.25, -0.2) is 0 Å². The molecule has 2 rings (SSSR count). The molecule has 6 nitrogen and oxygen atoms in total. The number of rotatable bonds is 11. The predicted molar refractivity (Wildman–Crippen MR) is 112 cm³/mol. The maximum absolute atomic E-state index is 12.8. The van der Waals surface area contributed by atoms with Crippen LogP contribution >= 0.6 is 0 Å². The highest BCUT2D eigenvalue weighted by Gasteiger charge is 2.26. The number of nitrogens with zero attached hydrogens (tertiary/aromatic N) is 2. The fourth-order valence-corrected chi connectivity index (χ4v) is 3.81. The van der Waals surface area contributed by atoms with Gasteiger partial charge in [-0.05, 0) is 59.2 Å². The summed E-state index contributed by atoms with van der Waals surface area (Å²) in [5.74, 6) is 0.341. The van der Waals surface area contributed by atoms with Crippen molar-refractivity contribution in [3.8, 4) is 0 Å². The number of nitrogens with one attached hydrogen (secondary N) is 1. The van der Waals surface area contributed by atoms with Gasteiger partial charge in [0.05, 0.1) is 6.54 Å². The van der Waals surface area contributed by atoms with Gasteiger partial charge in [0.1, 0.15) is 0 Å². The zero-order valence-electron chi connectivity index (χ0n) is 17.6. The number of ketones is 1. The number of hydrogen-bond donors (Lipinski definition) is 1. The van der Waals surface area contributed by atoms with Gasteiger partial charge in [0.2, 0.25) is 5.91 Å². The van der Waals surface area contributed by atoms with Crippen molar-refractivity contribution in [2.75, 3.05) is 39.4 Å². The van der Waals surface area contributed by atoms with E-state index in [1.54, 1.807) is 0 Å². The van der Waals surface area contributed by atoms with Crippen LogP contribution in [0.4, 0.5) is 0 Å². The normalized spacial score (nSPS) is 15.5. The van der Waals surface area contributed by atoms with Gasteiger partial charge in [-0.2, -0.15) is 0 Å². The Labute approximate surface area is 168 Å². The molecule has 1 amide bonds. The van der Waals surface area contributed by atoms with Crippen molar-refractivity contribution >= 4 is 11.7 Å². The van der Waals surface area contributed by atoms with E-state index in [4.69, 9.17) is 4.74 Å². The monoisotopic (exact) mass is 389 g/mol. The summed E-state index contributed by atoms with van der Waals surface area (Å²) in [4.78, 5) is 27.2. The summed E-state index contributed by atoms with van der Waals surface area (Å²) in [6, 6.07) is 1.98. The number of ether oxygens (including phenoxy) is 1. The van der Waals surface area contributed by atoms with Gasteiger partial charge in [0, 0.05) is 49.2 Å². The second-order valence-corrected chi connectivity index (χ2v) is 7.50. The van der Waals surface area contributed by atoms with Gasteiger partial charge in [-0.1, -0.05) is 6.08 Å². The van der Waals surface area contributed by atoms with Crippen LogP contribution in [0.5, 0.6) is 0 Å². The van der Waals surface area contributed by atoms with E-state index in [0.717, 1.165) is 55.8 Å². The molecule has 0 spiro atoms. The Kier molecular flexibility index (Phi) is 8.93. The Morgan fingerprint density at radius 2 is 2.04 bits per heavy atom. The second kappa shape index (κ2) is 11.2. The van der Waals surface area contributed by atoms with Crippen LogP contribution in [0.1, 0.15) is 47.9 Å². The number of Topliss-reactive ketones (excluding diaryl/α,β-unsaturated/α-hetero) is 1. The van der Waals surface area contributed by atoms with Crippen molar-refractivity contribution in [3.63, 3.8) is 0 Å². The van der Waals surface area contributed by atoms with Gasteiger partial charge in [-0.3, -0.25) is 14.5 Å². The topological polar surface area (TPSA) is 63.6 Å². The van der Waals surface area contributed by atoms with Crippen LogP contribution in [-0.4, -0.2) is 60.6 Å². The molecule has 156 valence electrons. The van der Waals surface area contributed by atoms with E-state index < -0.39 is 0 Å². The number of carbonyl (C=O) groups excluding carboxylic acids is 2. The highest BCUT2D eigenvalue weighted by atomic mass is 16.5. The molecule has 0 aliphatic carbocycles. The molecule has 28 heavy (non-hydrogen) atoms. The Hall–Kier alpha value is -1.92. The Bertz CT molecular complexity index is 673. The minimum absolute atomic E-state index is 0.0519. The van der Waals surface area contributed by atoms with Crippen molar-refractivity contribution < 1.29 is 14.3 Å². The largest absolute Gasteiger partial charge is 0.382 e. The van der Waals surface area contributed by atoms with Crippen molar-refractivity contribution in [1.29, 1.82) is 0 Å². The van der Waals surface area contributed by atoms with Gasteiger partial charge >= 0.3 is 0 Å². The Balaban J connectivity index is 1.78. The van der Waals surface area contributed by atoms with Crippen molar-refractivity contribution in [3.05, 3.63) is 35.7 Å². The summed E-state index contributed by atoms with van der Waals surface area (Å²) >= 11 is 0. The molecule has 1 aromatic rings. The summed E-state index contributed by atoms with van der Waals surface area (Å²) in [7, 11) is 0. The number of likely N-dealkylation sites (tertiary alicyclic amines) is 1. The van der Waals surface area contributed by atoms with Crippen LogP contribution in [0.15, 0.2) is 18.7 Å². The number of allylic oxidation sites excluding steroid dienone is 1. The van der Waals surface area contributed by atoms with Crippen LogP contribution in [0, 0.1) is 19.8 Å². The van der Waals surface area contributed by atoms with Gasteiger partial charge in [0.25, 0.3) is 0 Å². The first-order valence-electron chi connectivity index (χ1n) is 10.4. The van der Waals surface area contributed by atoms with Crippen LogP contribution in [0.3, 0.4) is 0 Å². The lowest BCUT2D eigenvalue weighted by molar-refractivity contribution is -0.126. The third-order valence-electron chi connectivity index (χ3n) is 5.48. The smallest absolute Gasteiger partial charge is 0.223 e. The van der Waals surface area contributed by atoms with Crippen LogP contribution in [-0.2, 0) is 16.1 Å². The molecular formula is C22H35N3O3. The van der Waals surface area contributed by atoms with E-state index in [-0.39, 0.29) is 17.6 Å². The van der Waals surface area contributed by atoms with E-state index in [2.05, 4.69) is 21.4 Å². The Morgan fingerprint density at radius 1 is 1.32 bits per heavy atom. The first-order valence-corrected chi connectivity index (χ1v) is 10.4. The molecule has 1 aliphatic rings. The minimum atomic E-state index is 0.0519. The fourth-order valence-electron chi connectivity index (χ4n) is 3.81. The third kappa shape index (κ3) is 6.04. The first-order chi connectivity index (χ1) is 13.5. The molecule has 1 aliphatic heterocycles. The summed E-state index contributed by atoms with van der Waals surface area (Å²) in [5, 5.41) is 3.01. The summed E-state index contributed by atoms with van der Waals surface area (Å²) in [5.41, 5.74) is 2.89. The van der Waals surface area contributed by atoms with E-state index in [0.29, 0.717) is 26.3 Å². The minimum Gasteiger partial charge on any atom is -0.382 e. The maximum Gasteiger partial charge on any atom is 0.223 e. The number of hydrogen-bond acceptors (Lipinski definition) is 4. The third-order valence-corrected chi connectivity index (χ3v) is 5.48. The number of aryl methyl sites for hydroxylation is 1. The molecule has 1 N–H and O–H groups in total. The van der Waals surface area contributed by atoms with Gasteiger partial charge in [-0.15, -0.1) is 6.58 Å². The lowest BCUT2D eigenvalue weighted by Gasteiger charge is -2.30. The van der Waals surface area contributed by atoms with Crippen molar-refractivity contribution in [2.45, 2.75) is 46.6 Å². The zero-order valence-corrected chi connectivity index (χ0v) is 17.6. The molecule has 2 heterocycles. The van der Waals surface area contributed by atoms with E-state index >= 15 is 0 Å².